The van der Waals surface area contributed by atoms with Crippen LogP contribution in [0.5, 0.6) is 0 Å². The van der Waals surface area contributed by atoms with Gasteiger partial charge in [0.1, 0.15) is 0 Å². The van der Waals surface area contributed by atoms with Gasteiger partial charge in [-0.2, -0.15) is 0 Å². The summed E-state index contributed by atoms with van der Waals surface area (Å²) >= 11 is 0. The first-order valence-corrected chi connectivity index (χ1v) is 7.69. The van der Waals surface area contributed by atoms with Crippen LogP contribution in [0.2, 0.25) is 0 Å². The predicted molar refractivity (Wildman–Crippen MR) is 73.5 cm³/mol. The Kier molecular flexibility index (Phi) is 2.51. The highest BCUT2D eigenvalue weighted by Crippen LogP contribution is 2.49. The highest BCUT2D eigenvalue weighted by atomic mass is 16.2. The third-order valence-electron chi connectivity index (χ3n) is 5.68. The van der Waals surface area contributed by atoms with E-state index in [0.29, 0.717) is 17.7 Å². The number of hydrogen-bond donors (Lipinski definition) is 0. The lowest BCUT2D eigenvalue weighted by Crippen LogP contribution is -2.44. The Morgan fingerprint density at radius 2 is 2.16 bits per heavy atom. The van der Waals surface area contributed by atoms with E-state index in [1.807, 2.05) is 0 Å². The van der Waals surface area contributed by atoms with Crippen LogP contribution in [0.15, 0.2) is 18.3 Å². The van der Waals surface area contributed by atoms with E-state index < -0.39 is 0 Å². The summed E-state index contributed by atoms with van der Waals surface area (Å²) in [5.41, 5.74) is 1.29. The summed E-state index contributed by atoms with van der Waals surface area (Å²) in [6.45, 7) is 4.02. The molecule has 0 spiro atoms. The topological polar surface area (TPSA) is 25.2 Å². The highest BCUT2D eigenvalue weighted by molar-refractivity contribution is 5.80. The molecule has 0 N–H and O–H groups in total. The second kappa shape index (κ2) is 4.12. The Morgan fingerprint density at radius 1 is 1.26 bits per heavy atom. The van der Waals surface area contributed by atoms with Gasteiger partial charge in [0.15, 0.2) is 0 Å². The number of carbonyl (C=O) groups excluding carboxylic acids is 1. The van der Waals surface area contributed by atoms with Crippen LogP contribution in [0.1, 0.15) is 44.3 Å². The molecule has 1 aromatic rings. The van der Waals surface area contributed by atoms with Crippen molar-refractivity contribution in [1.29, 1.82) is 0 Å². The van der Waals surface area contributed by atoms with Gasteiger partial charge in [0.05, 0.1) is 6.04 Å². The summed E-state index contributed by atoms with van der Waals surface area (Å²) in [5.74, 6) is 2.32. The molecule has 0 saturated heterocycles. The molecule has 0 aromatic carbocycles. The van der Waals surface area contributed by atoms with Gasteiger partial charge in [0.25, 0.3) is 0 Å². The average Bonchev–Trinajstić information content (AvgIpc) is 3.14. The molecule has 1 amide bonds. The van der Waals surface area contributed by atoms with E-state index in [2.05, 4.69) is 34.7 Å². The minimum absolute atomic E-state index is 0.246. The van der Waals surface area contributed by atoms with Crippen LogP contribution in [0.4, 0.5) is 0 Å². The van der Waals surface area contributed by atoms with Crippen molar-refractivity contribution in [3.05, 3.63) is 24.0 Å². The highest BCUT2D eigenvalue weighted by Gasteiger charge is 2.45. The largest absolute Gasteiger partial charge is 0.348 e. The molecule has 2 fully saturated rings. The second-order valence-electron chi connectivity index (χ2n) is 6.62. The van der Waals surface area contributed by atoms with Gasteiger partial charge in [-0.3, -0.25) is 4.79 Å². The molecule has 3 aliphatic rings. The third kappa shape index (κ3) is 1.67. The molecule has 1 aliphatic heterocycles. The van der Waals surface area contributed by atoms with Gasteiger partial charge in [0, 0.05) is 30.9 Å². The summed E-state index contributed by atoms with van der Waals surface area (Å²) in [6.07, 6.45) is 7.26. The van der Waals surface area contributed by atoms with Crippen molar-refractivity contribution in [3.8, 4) is 0 Å². The van der Waals surface area contributed by atoms with Crippen molar-refractivity contribution >= 4 is 5.91 Å². The van der Waals surface area contributed by atoms with Crippen LogP contribution in [0.3, 0.4) is 0 Å². The van der Waals surface area contributed by atoms with Gasteiger partial charge >= 0.3 is 0 Å². The third-order valence-corrected chi connectivity index (χ3v) is 5.68. The van der Waals surface area contributed by atoms with Crippen LogP contribution in [0.25, 0.3) is 0 Å². The molecule has 1 aromatic heterocycles. The van der Waals surface area contributed by atoms with E-state index in [0.717, 1.165) is 25.4 Å². The SMILES string of the molecule is CC1c2cccn2CCN1C(=O)C1CC2CCC1C2. The Morgan fingerprint density at radius 3 is 2.89 bits per heavy atom. The van der Waals surface area contributed by atoms with E-state index in [1.165, 1.54) is 25.0 Å². The number of hydrogen-bond acceptors (Lipinski definition) is 1. The van der Waals surface area contributed by atoms with Gasteiger partial charge in [0.2, 0.25) is 5.91 Å². The van der Waals surface area contributed by atoms with Crippen molar-refractivity contribution in [2.24, 2.45) is 17.8 Å². The van der Waals surface area contributed by atoms with Gasteiger partial charge in [-0.1, -0.05) is 6.42 Å². The fourth-order valence-corrected chi connectivity index (χ4v) is 4.64. The summed E-state index contributed by atoms with van der Waals surface area (Å²) in [5, 5.41) is 0. The standard InChI is InChI=1S/C16H22N2O/c1-11-15-3-2-6-17(15)7-8-18(11)16(19)14-10-12-4-5-13(14)9-12/h2-3,6,11-14H,4-5,7-10H2,1H3. The van der Waals surface area contributed by atoms with Crippen molar-refractivity contribution in [2.75, 3.05) is 6.54 Å². The maximum atomic E-state index is 12.8. The van der Waals surface area contributed by atoms with Crippen molar-refractivity contribution in [3.63, 3.8) is 0 Å². The summed E-state index contributed by atoms with van der Waals surface area (Å²) in [6, 6.07) is 4.50. The van der Waals surface area contributed by atoms with E-state index in [1.54, 1.807) is 0 Å². The Bertz CT molecular complexity index is 507. The van der Waals surface area contributed by atoms with Gasteiger partial charge < -0.3 is 9.47 Å². The maximum Gasteiger partial charge on any atom is 0.226 e. The molecule has 2 saturated carbocycles. The number of aromatic nitrogens is 1. The zero-order chi connectivity index (χ0) is 13.0. The van der Waals surface area contributed by atoms with Crippen LogP contribution < -0.4 is 0 Å². The molecule has 102 valence electrons. The summed E-state index contributed by atoms with van der Waals surface area (Å²) < 4.78 is 2.29. The molecule has 4 rings (SSSR count). The minimum Gasteiger partial charge on any atom is -0.348 e. The van der Waals surface area contributed by atoms with Crippen LogP contribution in [-0.4, -0.2) is 21.9 Å². The Balaban J connectivity index is 1.55. The van der Waals surface area contributed by atoms with E-state index in [4.69, 9.17) is 0 Å². The molecule has 2 heterocycles. The van der Waals surface area contributed by atoms with Gasteiger partial charge in [-0.25, -0.2) is 0 Å². The number of carbonyl (C=O) groups is 1. The number of rotatable bonds is 1. The van der Waals surface area contributed by atoms with E-state index in [-0.39, 0.29) is 6.04 Å². The lowest BCUT2D eigenvalue weighted by atomic mass is 9.87. The molecular weight excluding hydrogens is 236 g/mol. The van der Waals surface area contributed by atoms with Crippen LogP contribution in [-0.2, 0) is 11.3 Å². The number of fused-ring (bicyclic) bond motifs is 3. The monoisotopic (exact) mass is 258 g/mol. The summed E-state index contributed by atoms with van der Waals surface area (Å²) in [7, 11) is 0. The van der Waals surface area contributed by atoms with E-state index >= 15 is 0 Å². The van der Waals surface area contributed by atoms with Crippen LogP contribution in [0, 0.1) is 17.8 Å². The molecule has 2 bridgehead atoms. The van der Waals surface area contributed by atoms with Crippen molar-refractivity contribution < 1.29 is 4.79 Å². The zero-order valence-corrected chi connectivity index (χ0v) is 11.6. The van der Waals surface area contributed by atoms with Crippen LogP contribution >= 0.6 is 0 Å². The molecule has 2 aliphatic carbocycles. The maximum absolute atomic E-state index is 12.8. The minimum atomic E-state index is 0.246. The molecule has 3 heteroatoms. The van der Waals surface area contributed by atoms with E-state index in [9.17, 15) is 4.79 Å². The second-order valence-corrected chi connectivity index (χ2v) is 6.62. The molecule has 4 atom stereocenters. The quantitative estimate of drug-likeness (QED) is 0.760. The van der Waals surface area contributed by atoms with Crippen molar-refractivity contribution in [1.82, 2.24) is 9.47 Å². The zero-order valence-electron chi connectivity index (χ0n) is 11.6. The Labute approximate surface area is 114 Å². The lowest BCUT2D eigenvalue weighted by molar-refractivity contribution is -0.140. The van der Waals surface area contributed by atoms with Crippen molar-refractivity contribution in [2.45, 2.75) is 45.2 Å². The first-order chi connectivity index (χ1) is 9.24. The molecule has 3 nitrogen and oxygen atoms in total. The average molecular weight is 258 g/mol. The first-order valence-electron chi connectivity index (χ1n) is 7.69. The molecule has 4 unspecified atom stereocenters. The normalized spacial score (nSPS) is 36.6. The first kappa shape index (κ1) is 11.6. The van der Waals surface area contributed by atoms with Gasteiger partial charge in [-0.15, -0.1) is 0 Å². The molecule has 19 heavy (non-hydrogen) atoms. The molecule has 0 radical (unpaired) electrons. The number of amides is 1. The Hall–Kier alpha value is -1.25. The number of nitrogens with zero attached hydrogens (tertiary/aromatic N) is 2. The fraction of sp³-hybridized carbons (Fsp3) is 0.688. The predicted octanol–water partition coefficient (Wildman–Crippen LogP) is 2.83. The summed E-state index contributed by atoms with van der Waals surface area (Å²) in [4.78, 5) is 15.0. The smallest absolute Gasteiger partial charge is 0.226 e. The fourth-order valence-electron chi connectivity index (χ4n) is 4.64. The molecular formula is C16H22N2O. The lowest BCUT2D eigenvalue weighted by Gasteiger charge is -2.38. The van der Waals surface area contributed by atoms with Gasteiger partial charge in [-0.05, 0) is 50.2 Å².